The van der Waals surface area contributed by atoms with E-state index < -0.39 is 0 Å². The first-order valence-electron chi connectivity index (χ1n) is 8.08. The van der Waals surface area contributed by atoms with Crippen molar-refractivity contribution >= 4 is 0 Å². The van der Waals surface area contributed by atoms with Gasteiger partial charge in [-0.25, -0.2) is 9.97 Å². The number of aryl methyl sites for hydroxylation is 3. The topological polar surface area (TPSA) is 37.8 Å². The number of aromatic nitrogens is 2. The molecular weight excluding hydrogens is 246 g/mol. The van der Waals surface area contributed by atoms with E-state index in [1.165, 1.54) is 29.8 Å². The van der Waals surface area contributed by atoms with E-state index in [4.69, 9.17) is 0 Å². The van der Waals surface area contributed by atoms with Crippen molar-refractivity contribution in [3.63, 3.8) is 0 Å². The molecule has 20 heavy (non-hydrogen) atoms. The van der Waals surface area contributed by atoms with E-state index in [9.17, 15) is 0 Å². The molecule has 0 aliphatic heterocycles. The number of nitrogens with zero attached hydrogens (tertiary/aromatic N) is 2. The van der Waals surface area contributed by atoms with Crippen LogP contribution in [0.1, 0.15) is 62.8 Å². The fourth-order valence-corrected chi connectivity index (χ4v) is 2.39. The minimum Gasteiger partial charge on any atom is -0.317 e. The predicted molar refractivity (Wildman–Crippen MR) is 86.1 cm³/mol. The molecule has 114 valence electrons. The van der Waals surface area contributed by atoms with Gasteiger partial charge in [0.05, 0.1) is 0 Å². The van der Waals surface area contributed by atoms with Gasteiger partial charge < -0.3 is 5.32 Å². The van der Waals surface area contributed by atoms with Gasteiger partial charge in [-0.3, -0.25) is 0 Å². The molecule has 0 radical (unpaired) electrons. The van der Waals surface area contributed by atoms with Crippen molar-refractivity contribution in [2.75, 3.05) is 13.1 Å². The molecule has 1 heterocycles. The zero-order valence-corrected chi connectivity index (χ0v) is 13.9. The summed E-state index contributed by atoms with van der Waals surface area (Å²) in [7, 11) is 0. The first kappa shape index (κ1) is 17.1. The van der Waals surface area contributed by atoms with Crippen LogP contribution < -0.4 is 5.32 Å². The Balaban J connectivity index is 2.55. The smallest absolute Gasteiger partial charge is 0.128 e. The van der Waals surface area contributed by atoms with Gasteiger partial charge in [-0.05, 0) is 64.1 Å². The third-order valence-electron chi connectivity index (χ3n) is 3.62. The average Bonchev–Trinajstić information content (AvgIpc) is 2.38. The SMILES string of the molecule is CCCNCCCc1c(C)nc(CCC(C)C)nc1C. The summed E-state index contributed by atoms with van der Waals surface area (Å²) < 4.78 is 0. The molecule has 3 nitrogen and oxygen atoms in total. The Hall–Kier alpha value is -0.960. The normalized spacial score (nSPS) is 11.3. The first-order valence-corrected chi connectivity index (χ1v) is 8.08. The van der Waals surface area contributed by atoms with Crippen LogP contribution in [0.5, 0.6) is 0 Å². The molecule has 0 fully saturated rings. The molecule has 1 aromatic heterocycles. The monoisotopic (exact) mass is 277 g/mol. The summed E-state index contributed by atoms with van der Waals surface area (Å²) in [5.41, 5.74) is 3.69. The molecule has 0 amide bonds. The number of nitrogens with one attached hydrogen (secondary N) is 1. The second-order valence-corrected chi connectivity index (χ2v) is 6.08. The highest BCUT2D eigenvalue weighted by Gasteiger charge is 2.08. The van der Waals surface area contributed by atoms with Crippen LogP contribution in [0, 0.1) is 19.8 Å². The summed E-state index contributed by atoms with van der Waals surface area (Å²) in [5.74, 6) is 1.73. The lowest BCUT2D eigenvalue weighted by molar-refractivity contribution is 0.571. The Morgan fingerprint density at radius 3 is 2.20 bits per heavy atom. The average molecular weight is 277 g/mol. The maximum Gasteiger partial charge on any atom is 0.128 e. The van der Waals surface area contributed by atoms with E-state index >= 15 is 0 Å². The fourth-order valence-electron chi connectivity index (χ4n) is 2.39. The molecular formula is C17H31N3. The predicted octanol–water partition coefficient (Wildman–Crippen LogP) is 3.61. The lowest BCUT2D eigenvalue weighted by Gasteiger charge is -2.12. The van der Waals surface area contributed by atoms with Crippen LogP contribution in [-0.2, 0) is 12.8 Å². The van der Waals surface area contributed by atoms with Gasteiger partial charge in [-0.2, -0.15) is 0 Å². The number of rotatable bonds is 9. The van der Waals surface area contributed by atoms with Gasteiger partial charge in [0.2, 0.25) is 0 Å². The summed E-state index contributed by atoms with van der Waals surface area (Å²) in [6.45, 7) is 13.1. The fraction of sp³-hybridized carbons (Fsp3) is 0.765. The molecule has 0 saturated carbocycles. The molecule has 0 aromatic carbocycles. The van der Waals surface area contributed by atoms with Crippen LogP contribution in [0.15, 0.2) is 0 Å². The zero-order valence-electron chi connectivity index (χ0n) is 13.9. The third kappa shape index (κ3) is 6.00. The van der Waals surface area contributed by atoms with Crippen molar-refractivity contribution in [2.45, 2.75) is 66.7 Å². The van der Waals surface area contributed by atoms with Crippen molar-refractivity contribution in [2.24, 2.45) is 5.92 Å². The molecule has 3 heteroatoms. The van der Waals surface area contributed by atoms with E-state index in [2.05, 4.69) is 49.9 Å². The van der Waals surface area contributed by atoms with Gasteiger partial charge in [0.15, 0.2) is 0 Å². The zero-order chi connectivity index (χ0) is 15.0. The Morgan fingerprint density at radius 2 is 1.65 bits per heavy atom. The Labute approximate surface area is 124 Å². The van der Waals surface area contributed by atoms with Crippen LogP contribution in [-0.4, -0.2) is 23.1 Å². The van der Waals surface area contributed by atoms with Crippen LogP contribution >= 0.6 is 0 Å². The van der Waals surface area contributed by atoms with E-state index in [0.29, 0.717) is 5.92 Å². The standard InChI is InChI=1S/C17H31N3/c1-6-11-18-12-7-8-16-14(4)19-17(20-15(16)5)10-9-13(2)3/h13,18H,6-12H2,1-5H3. The molecule has 0 spiro atoms. The summed E-state index contributed by atoms with van der Waals surface area (Å²) in [5, 5.41) is 3.45. The molecule has 0 aliphatic carbocycles. The van der Waals surface area contributed by atoms with Crippen LogP contribution in [0.2, 0.25) is 0 Å². The molecule has 0 aliphatic rings. The lowest BCUT2D eigenvalue weighted by Crippen LogP contribution is -2.17. The number of hydrogen-bond acceptors (Lipinski definition) is 3. The summed E-state index contributed by atoms with van der Waals surface area (Å²) >= 11 is 0. The quantitative estimate of drug-likeness (QED) is 0.701. The van der Waals surface area contributed by atoms with Gasteiger partial charge in [-0.1, -0.05) is 20.8 Å². The van der Waals surface area contributed by atoms with Gasteiger partial charge in [-0.15, -0.1) is 0 Å². The van der Waals surface area contributed by atoms with E-state index in [-0.39, 0.29) is 0 Å². The highest BCUT2D eigenvalue weighted by atomic mass is 14.9. The van der Waals surface area contributed by atoms with E-state index in [1.807, 2.05) is 0 Å². The summed E-state index contributed by atoms with van der Waals surface area (Å²) in [6.07, 6.45) is 5.61. The maximum absolute atomic E-state index is 4.69. The van der Waals surface area contributed by atoms with Gasteiger partial charge in [0, 0.05) is 17.8 Å². The second-order valence-electron chi connectivity index (χ2n) is 6.08. The van der Waals surface area contributed by atoms with Gasteiger partial charge >= 0.3 is 0 Å². The van der Waals surface area contributed by atoms with Crippen molar-refractivity contribution < 1.29 is 0 Å². The maximum atomic E-state index is 4.69. The first-order chi connectivity index (χ1) is 9.54. The van der Waals surface area contributed by atoms with E-state index in [0.717, 1.165) is 38.2 Å². The van der Waals surface area contributed by atoms with Crippen molar-refractivity contribution in [3.8, 4) is 0 Å². The molecule has 1 aromatic rings. The highest BCUT2D eigenvalue weighted by molar-refractivity contribution is 5.24. The largest absolute Gasteiger partial charge is 0.317 e. The Morgan fingerprint density at radius 1 is 1.00 bits per heavy atom. The molecule has 1 rings (SSSR count). The molecule has 0 atom stereocenters. The summed E-state index contributed by atoms with van der Waals surface area (Å²) in [6, 6.07) is 0. The highest BCUT2D eigenvalue weighted by Crippen LogP contribution is 2.14. The van der Waals surface area contributed by atoms with Crippen molar-refractivity contribution in [1.29, 1.82) is 0 Å². The van der Waals surface area contributed by atoms with Crippen LogP contribution in [0.25, 0.3) is 0 Å². The second kappa shape index (κ2) is 9.06. The van der Waals surface area contributed by atoms with Crippen LogP contribution in [0.4, 0.5) is 0 Å². The Bertz CT molecular complexity index is 376. The minimum atomic E-state index is 0.712. The molecule has 0 unspecified atom stereocenters. The molecule has 0 saturated heterocycles. The Kier molecular flexibility index (Phi) is 7.75. The van der Waals surface area contributed by atoms with E-state index in [1.54, 1.807) is 0 Å². The van der Waals surface area contributed by atoms with Gasteiger partial charge in [0.1, 0.15) is 5.82 Å². The van der Waals surface area contributed by atoms with Crippen LogP contribution in [0.3, 0.4) is 0 Å². The number of hydrogen-bond donors (Lipinski definition) is 1. The van der Waals surface area contributed by atoms with Crippen molar-refractivity contribution in [3.05, 3.63) is 22.8 Å². The third-order valence-corrected chi connectivity index (χ3v) is 3.62. The lowest BCUT2D eigenvalue weighted by atomic mass is 10.0. The molecule has 1 N–H and O–H groups in total. The van der Waals surface area contributed by atoms with Crippen molar-refractivity contribution in [1.82, 2.24) is 15.3 Å². The van der Waals surface area contributed by atoms with Gasteiger partial charge in [0.25, 0.3) is 0 Å². The molecule has 0 bridgehead atoms. The summed E-state index contributed by atoms with van der Waals surface area (Å²) in [4.78, 5) is 9.38. The minimum absolute atomic E-state index is 0.712.